The number of hydrogen-bond donors (Lipinski definition) is 1. The molecule has 0 radical (unpaired) electrons. The molecule has 11 heavy (non-hydrogen) atoms. The summed E-state index contributed by atoms with van der Waals surface area (Å²) < 4.78 is 0. The van der Waals surface area contributed by atoms with Gasteiger partial charge in [-0.3, -0.25) is 4.98 Å². The Morgan fingerprint density at radius 2 is 2.36 bits per heavy atom. The number of pyridine rings is 1. The van der Waals surface area contributed by atoms with E-state index in [1.807, 2.05) is 13.0 Å². The van der Waals surface area contributed by atoms with Gasteiger partial charge in [0.25, 0.3) is 0 Å². The fourth-order valence-electron chi connectivity index (χ4n) is 0.783. The molecule has 0 saturated heterocycles. The molecular formula is C8H8N2O. The van der Waals surface area contributed by atoms with Gasteiger partial charge in [0.2, 0.25) is 0 Å². The monoisotopic (exact) mass is 148 g/mol. The fraction of sp³-hybridized carbons (Fsp3) is 0.250. The van der Waals surface area contributed by atoms with Crippen molar-refractivity contribution in [3.63, 3.8) is 0 Å². The van der Waals surface area contributed by atoms with Crippen LogP contribution in [0.15, 0.2) is 18.2 Å². The summed E-state index contributed by atoms with van der Waals surface area (Å²) in [6, 6.07) is 6.90. The first-order valence-corrected chi connectivity index (χ1v) is 3.25. The standard InChI is InChI=1S/C8H8N2O/c1-6-3-2-4-7(10-6)8(11)5-9/h2-4,8,11H,1H3/t8-/m0/s1. The predicted octanol–water partition coefficient (Wildman–Crippen LogP) is 0.947. The van der Waals surface area contributed by atoms with Crippen molar-refractivity contribution in [3.05, 3.63) is 29.6 Å². The third-order valence-electron chi connectivity index (χ3n) is 1.31. The fourth-order valence-corrected chi connectivity index (χ4v) is 0.783. The Labute approximate surface area is 64.9 Å². The Bertz CT molecular complexity index is 290. The highest BCUT2D eigenvalue weighted by Gasteiger charge is 2.05. The van der Waals surface area contributed by atoms with E-state index in [4.69, 9.17) is 10.4 Å². The first-order valence-electron chi connectivity index (χ1n) is 3.25. The zero-order valence-corrected chi connectivity index (χ0v) is 6.15. The molecule has 56 valence electrons. The largest absolute Gasteiger partial charge is 0.373 e. The average Bonchev–Trinajstić information content (AvgIpc) is 2.03. The van der Waals surface area contributed by atoms with Gasteiger partial charge in [0, 0.05) is 5.69 Å². The van der Waals surface area contributed by atoms with Gasteiger partial charge >= 0.3 is 0 Å². The summed E-state index contributed by atoms with van der Waals surface area (Å²) >= 11 is 0. The van der Waals surface area contributed by atoms with Gasteiger partial charge in [-0.15, -0.1) is 0 Å². The molecule has 1 aromatic heterocycles. The summed E-state index contributed by atoms with van der Waals surface area (Å²) in [5.41, 5.74) is 1.21. The highest BCUT2D eigenvalue weighted by atomic mass is 16.3. The molecule has 0 unspecified atom stereocenters. The van der Waals surface area contributed by atoms with Gasteiger partial charge in [-0.2, -0.15) is 5.26 Å². The molecular weight excluding hydrogens is 140 g/mol. The lowest BCUT2D eigenvalue weighted by Crippen LogP contribution is -1.97. The number of nitrogens with zero attached hydrogens (tertiary/aromatic N) is 2. The SMILES string of the molecule is Cc1cccc([C@@H](O)C#N)n1. The molecule has 0 amide bonds. The minimum absolute atomic E-state index is 0.410. The van der Waals surface area contributed by atoms with Gasteiger partial charge in [-0.25, -0.2) is 0 Å². The average molecular weight is 148 g/mol. The lowest BCUT2D eigenvalue weighted by molar-refractivity contribution is 0.230. The third kappa shape index (κ3) is 1.76. The van der Waals surface area contributed by atoms with E-state index in [1.54, 1.807) is 18.2 Å². The number of aromatic nitrogens is 1. The van der Waals surface area contributed by atoms with Crippen LogP contribution in [0.2, 0.25) is 0 Å². The Kier molecular flexibility index (Phi) is 2.19. The second-order valence-electron chi connectivity index (χ2n) is 2.24. The molecule has 1 atom stereocenters. The van der Waals surface area contributed by atoms with E-state index in [0.717, 1.165) is 5.69 Å². The third-order valence-corrected chi connectivity index (χ3v) is 1.31. The molecule has 0 aliphatic carbocycles. The molecule has 0 saturated carbocycles. The van der Waals surface area contributed by atoms with E-state index in [0.29, 0.717) is 5.69 Å². The summed E-state index contributed by atoms with van der Waals surface area (Å²) in [6.45, 7) is 1.81. The van der Waals surface area contributed by atoms with E-state index in [1.165, 1.54) is 0 Å². The molecule has 0 aliphatic rings. The van der Waals surface area contributed by atoms with Gasteiger partial charge in [-0.1, -0.05) is 6.07 Å². The number of aliphatic hydroxyl groups excluding tert-OH is 1. The van der Waals surface area contributed by atoms with Crippen molar-refractivity contribution in [2.24, 2.45) is 0 Å². The van der Waals surface area contributed by atoms with Gasteiger partial charge in [-0.05, 0) is 19.1 Å². The molecule has 0 aliphatic heterocycles. The molecule has 1 heterocycles. The maximum Gasteiger partial charge on any atom is 0.182 e. The predicted molar refractivity (Wildman–Crippen MR) is 39.5 cm³/mol. The van der Waals surface area contributed by atoms with Crippen molar-refractivity contribution in [1.29, 1.82) is 5.26 Å². The Hall–Kier alpha value is -1.40. The van der Waals surface area contributed by atoms with Crippen molar-refractivity contribution in [1.82, 2.24) is 4.98 Å². The first kappa shape index (κ1) is 7.70. The molecule has 1 N–H and O–H groups in total. The molecule has 3 nitrogen and oxygen atoms in total. The summed E-state index contributed by atoms with van der Waals surface area (Å²) in [6.07, 6.45) is -1.10. The number of aliphatic hydroxyl groups is 1. The highest BCUT2D eigenvalue weighted by molar-refractivity contribution is 5.15. The Balaban J connectivity index is 2.98. The molecule has 0 bridgehead atoms. The van der Waals surface area contributed by atoms with Crippen LogP contribution in [0.25, 0.3) is 0 Å². The topological polar surface area (TPSA) is 56.9 Å². The maximum absolute atomic E-state index is 9.03. The van der Waals surface area contributed by atoms with E-state index in [-0.39, 0.29) is 0 Å². The quantitative estimate of drug-likeness (QED) is 0.603. The molecule has 0 aromatic carbocycles. The highest BCUT2D eigenvalue weighted by Crippen LogP contribution is 2.07. The second kappa shape index (κ2) is 3.13. The van der Waals surface area contributed by atoms with E-state index in [9.17, 15) is 0 Å². The van der Waals surface area contributed by atoms with E-state index >= 15 is 0 Å². The van der Waals surface area contributed by atoms with E-state index in [2.05, 4.69) is 4.98 Å². The number of nitriles is 1. The minimum atomic E-state index is -1.10. The lowest BCUT2D eigenvalue weighted by atomic mass is 10.2. The molecule has 0 fully saturated rings. The summed E-state index contributed by atoms with van der Waals surface area (Å²) in [7, 11) is 0. The smallest absolute Gasteiger partial charge is 0.182 e. The van der Waals surface area contributed by atoms with Crippen LogP contribution in [0.3, 0.4) is 0 Å². The number of rotatable bonds is 1. The van der Waals surface area contributed by atoms with Crippen LogP contribution in [-0.2, 0) is 0 Å². The van der Waals surface area contributed by atoms with Crippen molar-refractivity contribution in [3.8, 4) is 6.07 Å². The normalized spacial score (nSPS) is 12.1. The van der Waals surface area contributed by atoms with Crippen LogP contribution in [0.5, 0.6) is 0 Å². The Morgan fingerprint density at radius 3 is 2.91 bits per heavy atom. The summed E-state index contributed by atoms with van der Waals surface area (Å²) in [5, 5.41) is 17.4. The second-order valence-corrected chi connectivity index (χ2v) is 2.24. The van der Waals surface area contributed by atoms with Crippen LogP contribution in [0, 0.1) is 18.3 Å². The maximum atomic E-state index is 9.03. The lowest BCUT2D eigenvalue weighted by Gasteiger charge is -2.00. The number of hydrogen-bond acceptors (Lipinski definition) is 3. The molecule has 0 spiro atoms. The van der Waals surface area contributed by atoms with Crippen molar-refractivity contribution >= 4 is 0 Å². The molecule has 1 rings (SSSR count). The van der Waals surface area contributed by atoms with Crippen LogP contribution in [-0.4, -0.2) is 10.1 Å². The zero-order valence-electron chi connectivity index (χ0n) is 6.15. The van der Waals surface area contributed by atoms with Gasteiger partial charge in [0.1, 0.15) is 6.07 Å². The zero-order chi connectivity index (χ0) is 8.27. The molecule has 3 heteroatoms. The van der Waals surface area contributed by atoms with Crippen molar-refractivity contribution < 1.29 is 5.11 Å². The van der Waals surface area contributed by atoms with Crippen LogP contribution >= 0.6 is 0 Å². The van der Waals surface area contributed by atoms with E-state index < -0.39 is 6.10 Å². The van der Waals surface area contributed by atoms with Crippen LogP contribution in [0.4, 0.5) is 0 Å². The van der Waals surface area contributed by atoms with Crippen LogP contribution in [0.1, 0.15) is 17.5 Å². The first-order chi connectivity index (χ1) is 5.24. The molecule has 1 aromatic rings. The summed E-state index contributed by atoms with van der Waals surface area (Å²) in [5.74, 6) is 0. The van der Waals surface area contributed by atoms with Crippen molar-refractivity contribution in [2.75, 3.05) is 0 Å². The van der Waals surface area contributed by atoms with Crippen LogP contribution < -0.4 is 0 Å². The van der Waals surface area contributed by atoms with Gasteiger partial charge in [0.05, 0.1) is 5.69 Å². The van der Waals surface area contributed by atoms with Crippen molar-refractivity contribution in [2.45, 2.75) is 13.0 Å². The summed E-state index contributed by atoms with van der Waals surface area (Å²) in [4.78, 5) is 3.97. The Morgan fingerprint density at radius 1 is 1.64 bits per heavy atom. The minimum Gasteiger partial charge on any atom is -0.373 e. The van der Waals surface area contributed by atoms with Gasteiger partial charge < -0.3 is 5.11 Å². The van der Waals surface area contributed by atoms with Gasteiger partial charge in [0.15, 0.2) is 6.10 Å². The number of aryl methyl sites for hydroxylation is 1.